The Morgan fingerprint density at radius 1 is 1.20 bits per heavy atom. The Labute approximate surface area is 213 Å². The van der Waals surface area contributed by atoms with E-state index in [-0.39, 0.29) is 22.2 Å². The minimum Gasteiger partial charge on any atom is -0.466 e. The van der Waals surface area contributed by atoms with E-state index in [4.69, 9.17) is 4.74 Å². The topological polar surface area (TPSA) is 58.9 Å². The fourth-order valence-electron chi connectivity index (χ4n) is 9.66. The SMILES string of the molecule is COC(=O)C(C)=CCCC(C)C1CCC2(C)C3=CCC4C(C)(C)C(=NO)CCC4(C)C3CCC12C. The monoisotopic (exact) mass is 483 g/mol. The minimum atomic E-state index is -0.212. The highest BCUT2D eigenvalue weighted by Gasteiger charge is 2.65. The summed E-state index contributed by atoms with van der Waals surface area (Å²) in [6, 6.07) is 0. The molecule has 4 heteroatoms. The van der Waals surface area contributed by atoms with Gasteiger partial charge in [0.05, 0.1) is 12.8 Å². The van der Waals surface area contributed by atoms with Gasteiger partial charge in [-0.3, -0.25) is 0 Å². The Morgan fingerprint density at radius 3 is 2.57 bits per heavy atom. The lowest BCUT2D eigenvalue weighted by Gasteiger charge is -2.63. The molecule has 35 heavy (non-hydrogen) atoms. The molecule has 1 N–H and O–H groups in total. The molecule has 0 saturated heterocycles. The average molecular weight is 484 g/mol. The van der Waals surface area contributed by atoms with Crippen molar-refractivity contribution in [1.82, 2.24) is 0 Å². The van der Waals surface area contributed by atoms with Crippen molar-refractivity contribution >= 4 is 11.7 Å². The van der Waals surface area contributed by atoms with Gasteiger partial charge >= 0.3 is 5.97 Å². The van der Waals surface area contributed by atoms with E-state index in [1.54, 1.807) is 5.57 Å². The van der Waals surface area contributed by atoms with Gasteiger partial charge in [0.25, 0.3) is 0 Å². The fourth-order valence-corrected chi connectivity index (χ4v) is 9.66. The number of fused-ring (bicyclic) bond motifs is 5. The fraction of sp³-hybridized carbons (Fsp3) is 0.806. The number of hydrogen-bond donors (Lipinski definition) is 1. The molecule has 7 unspecified atom stereocenters. The van der Waals surface area contributed by atoms with Crippen LogP contribution >= 0.6 is 0 Å². The Hall–Kier alpha value is -1.58. The van der Waals surface area contributed by atoms with Gasteiger partial charge in [0, 0.05) is 11.0 Å². The third-order valence-electron chi connectivity index (χ3n) is 12.1. The summed E-state index contributed by atoms with van der Waals surface area (Å²) in [6.45, 7) is 16.7. The largest absolute Gasteiger partial charge is 0.466 e. The number of methoxy groups -OCH3 is 1. The van der Waals surface area contributed by atoms with E-state index in [9.17, 15) is 10.0 Å². The van der Waals surface area contributed by atoms with Crippen molar-refractivity contribution in [1.29, 1.82) is 0 Å². The third kappa shape index (κ3) is 3.84. The lowest BCUT2D eigenvalue weighted by atomic mass is 9.41. The van der Waals surface area contributed by atoms with E-state index >= 15 is 0 Å². The maximum Gasteiger partial charge on any atom is 0.333 e. The molecule has 196 valence electrons. The minimum absolute atomic E-state index is 0.0476. The molecule has 0 amide bonds. The smallest absolute Gasteiger partial charge is 0.333 e. The second-order valence-corrected chi connectivity index (χ2v) is 13.6. The summed E-state index contributed by atoms with van der Waals surface area (Å²) in [4.78, 5) is 11.7. The van der Waals surface area contributed by atoms with Gasteiger partial charge in [0.15, 0.2) is 0 Å². The zero-order chi connectivity index (χ0) is 25.8. The first-order valence-electron chi connectivity index (χ1n) is 14.0. The molecular weight excluding hydrogens is 434 g/mol. The number of nitrogens with zero attached hydrogens (tertiary/aromatic N) is 1. The molecule has 0 aromatic rings. The summed E-state index contributed by atoms with van der Waals surface area (Å²) < 4.78 is 4.86. The number of esters is 1. The van der Waals surface area contributed by atoms with E-state index < -0.39 is 0 Å². The first-order chi connectivity index (χ1) is 16.4. The van der Waals surface area contributed by atoms with Crippen LogP contribution in [-0.4, -0.2) is 24.0 Å². The van der Waals surface area contributed by atoms with Crippen LogP contribution in [0.3, 0.4) is 0 Å². The summed E-state index contributed by atoms with van der Waals surface area (Å²) in [5, 5.41) is 13.4. The molecule has 3 fully saturated rings. The summed E-state index contributed by atoms with van der Waals surface area (Å²) in [6.07, 6.45) is 15.2. The molecule has 0 spiro atoms. The van der Waals surface area contributed by atoms with Gasteiger partial charge in [-0.2, -0.15) is 0 Å². The van der Waals surface area contributed by atoms with Crippen molar-refractivity contribution in [2.45, 2.75) is 106 Å². The van der Waals surface area contributed by atoms with E-state index in [1.807, 2.05) is 6.92 Å². The molecule has 4 aliphatic rings. The van der Waals surface area contributed by atoms with Crippen molar-refractivity contribution in [3.8, 4) is 0 Å². The van der Waals surface area contributed by atoms with Crippen LogP contribution in [0.25, 0.3) is 0 Å². The van der Waals surface area contributed by atoms with Gasteiger partial charge in [-0.1, -0.05) is 64.4 Å². The van der Waals surface area contributed by atoms with Crippen LogP contribution in [0, 0.1) is 45.3 Å². The lowest BCUT2D eigenvalue weighted by Crippen LogP contribution is -2.57. The standard InChI is InChI=1S/C31H49NO3/c1-20(10-9-11-21(2)27(33)35-8)22-14-18-31(7)24-12-13-25-28(3,4)26(32-34)16-17-29(25,5)23(24)15-19-30(22,31)6/h11-12,20,22-23,25,34H,9-10,13-19H2,1-8H3. The third-order valence-corrected chi connectivity index (χ3v) is 12.1. The predicted octanol–water partition coefficient (Wildman–Crippen LogP) is 7.96. The molecule has 0 aromatic heterocycles. The number of hydrogen-bond acceptors (Lipinski definition) is 4. The van der Waals surface area contributed by atoms with Crippen LogP contribution in [-0.2, 0) is 9.53 Å². The first kappa shape index (κ1) is 26.5. The molecule has 4 rings (SSSR count). The summed E-state index contributed by atoms with van der Waals surface area (Å²) in [7, 11) is 1.45. The molecule has 0 heterocycles. The molecule has 0 aromatic carbocycles. The molecular formula is C31H49NO3. The molecule has 4 nitrogen and oxygen atoms in total. The number of carbonyl (C=O) groups is 1. The quantitative estimate of drug-likeness (QED) is 0.142. The number of carbonyl (C=O) groups excluding carboxylic acids is 1. The van der Waals surface area contributed by atoms with Gasteiger partial charge in [0.1, 0.15) is 0 Å². The van der Waals surface area contributed by atoms with E-state index in [0.717, 1.165) is 49.3 Å². The summed E-state index contributed by atoms with van der Waals surface area (Å²) >= 11 is 0. The Kier molecular flexibility index (Phi) is 6.86. The highest BCUT2D eigenvalue weighted by Crippen LogP contribution is 2.73. The second kappa shape index (κ2) is 9.06. The molecule has 0 radical (unpaired) electrons. The number of oxime groups is 1. The zero-order valence-electron chi connectivity index (χ0n) is 23.5. The maximum absolute atomic E-state index is 11.7. The summed E-state index contributed by atoms with van der Waals surface area (Å²) in [5.41, 5.74) is 4.33. The maximum atomic E-state index is 11.7. The van der Waals surface area contributed by atoms with Gasteiger partial charge in [-0.05, 0) is 105 Å². The van der Waals surface area contributed by atoms with Crippen molar-refractivity contribution in [3.63, 3.8) is 0 Å². The Balaban J connectivity index is 1.57. The van der Waals surface area contributed by atoms with Crippen LogP contribution in [0.5, 0.6) is 0 Å². The highest BCUT2D eigenvalue weighted by molar-refractivity contribution is 5.90. The van der Waals surface area contributed by atoms with E-state index in [1.165, 1.54) is 32.8 Å². The molecule has 4 aliphatic carbocycles. The van der Waals surface area contributed by atoms with Gasteiger partial charge in [-0.15, -0.1) is 0 Å². The molecule has 7 atom stereocenters. The molecule has 0 bridgehead atoms. The Morgan fingerprint density at radius 2 is 1.91 bits per heavy atom. The van der Waals surface area contributed by atoms with Crippen LogP contribution in [0.2, 0.25) is 0 Å². The number of ether oxygens (including phenoxy) is 1. The number of allylic oxidation sites excluding steroid dienone is 3. The van der Waals surface area contributed by atoms with Crippen LogP contribution in [0.4, 0.5) is 0 Å². The normalized spacial score (nSPS) is 42.5. The van der Waals surface area contributed by atoms with Crippen molar-refractivity contribution in [3.05, 3.63) is 23.3 Å². The van der Waals surface area contributed by atoms with Gasteiger partial charge in [-0.25, -0.2) is 4.79 Å². The van der Waals surface area contributed by atoms with E-state index in [0.29, 0.717) is 23.2 Å². The van der Waals surface area contributed by atoms with Crippen LogP contribution in [0.1, 0.15) is 106 Å². The second-order valence-electron chi connectivity index (χ2n) is 13.6. The van der Waals surface area contributed by atoms with Crippen molar-refractivity contribution < 1.29 is 14.7 Å². The summed E-state index contributed by atoms with van der Waals surface area (Å²) in [5.74, 6) is 2.35. The van der Waals surface area contributed by atoms with Crippen molar-refractivity contribution in [2.24, 2.45) is 50.5 Å². The molecule has 3 saturated carbocycles. The van der Waals surface area contributed by atoms with Crippen molar-refractivity contribution in [2.75, 3.05) is 7.11 Å². The van der Waals surface area contributed by atoms with Crippen LogP contribution < -0.4 is 0 Å². The zero-order valence-corrected chi connectivity index (χ0v) is 23.5. The molecule has 0 aliphatic heterocycles. The predicted molar refractivity (Wildman–Crippen MR) is 142 cm³/mol. The first-order valence-corrected chi connectivity index (χ1v) is 14.0. The van der Waals surface area contributed by atoms with Gasteiger partial charge in [0.2, 0.25) is 0 Å². The van der Waals surface area contributed by atoms with Crippen LogP contribution in [0.15, 0.2) is 28.5 Å². The van der Waals surface area contributed by atoms with Gasteiger partial charge < -0.3 is 9.94 Å². The Bertz CT molecular complexity index is 945. The van der Waals surface area contributed by atoms with E-state index in [2.05, 4.69) is 58.9 Å². The number of rotatable bonds is 5. The highest BCUT2D eigenvalue weighted by atomic mass is 16.5. The average Bonchev–Trinajstić information content (AvgIpc) is 3.09. The lowest BCUT2D eigenvalue weighted by molar-refractivity contribution is -0.136.